The molecule has 2 atom stereocenters. The van der Waals surface area contributed by atoms with Crippen molar-refractivity contribution in [1.29, 1.82) is 0 Å². The first-order valence-corrected chi connectivity index (χ1v) is 11.6. The zero-order chi connectivity index (χ0) is 25.0. The first-order valence-electron chi connectivity index (χ1n) is 11.6. The molecule has 1 saturated heterocycles. The minimum Gasteiger partial charge on any atom is -0.467 e. The van der Waals surface area contributed by atoms with Gasteiger partial charge in [0.15, 0.2) is 0 Å². The van der Waals surface area contributed by atoms with Gasteiger partial charge >= 0.3 is 6.09 Å². The van der Waals surface area contributed by atoms with Crippen molar-refractivity contribution in [2.24, 2.45) is 11.7 Å². The van der Waals surface area contributed by atoms with Crippen LogP contribution in [0.25, 0.3) is 0 Å². The van der Waals surface area contributed by atoms with Crippen LogP contribution >= 0.6 is 0 Å². The summed E-state index contributed by atoms with van der Waals surface area (Å²) in [6.45, 7) is 11.4. The molecule has 1 aliphatic rings. The van der Waals surface area contributed by atoms with Gasteiger partial charge in [0, 0.05) is 37.3 Å². The summed E-state index contributed by atoms with van der Waals surface area (Å²) in [4.78, 5) is 37.7. The van der Waals surface area contributed by atoms with Crippen LogP contribution in [0.15, 0.2) is 29.0 Å². The van der Waals surface area contributed by atoms with Crippen molar-refractivity contribution in [3.05, 3.63) is 41.7 Å². The van der Waals surface area contributed by atoms with Crippen molar-refractivity contribution in [2.45, 2.75) is 65.1 Å². The molecular weight excluding hydrogens is 436 g/mol. The predicted octanol–water partition coefficient (Wildman–Crippen LogP) is 3.16. The number of hydrogen-bond donors (Lipinski definition) is 3. The fraction of sp³-hybridized carbons (Fsp3) is 0.583. The molecular formula is C24H36N6O4. The number of amides is 2. The first-order chi connectivity index (χ1) is 16.0. The number of aromatic nitrogens is 2. The highest BCUT2D eigenvalue weighted by molar-refractivity contribution is 5.98. The number of nitrogens with one attached hydrogen (secondary N) is 1. The predicted molar refractivity (Wildman–Crippen MR) is 129 cm³/mol. The van der Waals surface area contributed by atoms with Gasteiger partial charge in [0.25, 0.3) is 5.91 Å². The largest absolute Gasteiger partial charge is 0.467 e. The lowest BCUT2D eigenvalue weighted by Crippen LogP contribution is -2.58. The minimum atomic E-state index is -1.03. The average Bonchev–Trinajstić information content (AvgIpc) is 3.28. The summed E-state index contributed by atoms with van der Waals surface area (Å²) in [7, 11) is 0. The Morgan fingerprint density at radius 2 is 2.09 bits per heavy atom. The molecule has 0 bridgehead atoms. The van der Waals surface area contributed by atoms with E-state index in [4.69, 9.17) is 10.2 Å². The van der Waals surface area contributed by atoms with Crippen LogP contribution in [0, 0.1) is 5.92 Å². The fourth-order valence-corrected chi connectivity index (χ4v) is 4.06. The van der Waals surface area contributed by atoms with Crippen LogP contribution in [0.1, 0.15) is 63.0 Å². The monoisotopic (exact) mass is 472 g/mol. The number of hydrogen-bond acceptors (Lipinski definition) is 7. The summed E-state index contributed by atoms with van der Waals surface area (Å²) in [5.74, 6) is 1.67. The topological polar surface area (TPSA) is 138 Å². The molecule has 0 aromatic carbocycles. The second kappa shape index (κ2) is 10.4. The van der Waals surface area contributed by atoms with E-state index in [1.165, 1.54) is 4.90 Å². The van der Waals surface area contributed by atoms with Crippen molar-refractivity contribution in [1.82, 2.24) is 19.8 Å². The average molecular weight is 473 g/mol. The molecule has 10 heteroatoms. The summed E-state index contributed by atoms with van der Waals surface area (Å²) < 4.78 is 5.42. The first kappa shape index (κ1) is 25.5. The Morgan fingerprint density at radius 1 is 1.35 bits per heavy atom. The highest BCUT2D eigenvalue weighted by Crippen LogP contribution is 2.25. The van der Waals surface area contributed by atoms with Gasteiger partial charge in [0.2, 0.25) is 0 Å². The van der Waals surface area contributed by atoms with Gasteiger partial charge in [0.05, 0.1) is 18.8 Å². The summed E-state index contributed by atoms with van der Waals surface area (Å²) in [6.07, 6.45) is 2.65. The fourth-order valence-electron chi connectivity index (χ4n) is 4.06. The summed E-state index contributed by atoms with van der Waals surface area (Å²) in [5.41, 5.74) is 6.20. The number of piperidine rings is 1. The van der Waals surface area contributed by atoms with Gasteiger partial charge < -0.3 is 30.4 Å². The zero-order valence-electron chi connectivity index (χ0n) is 20.6. The number of carbonyl (C=O) groups is 2. The van der Waals surface area contributed by atoms with Gasteiger partial charge in [-0.15, -0.1) is 0 Å². The van der Waals surface area contributed by atoms with Crippen LogP contribution in [-0.4, -0.2) is 68.6 Å². The molecule has 0 spiro atoms. The number of nitrogens with zero attached hydrogens (tertiary/aromatic N) is 4. The standard InChI is InChI=1S/C24H36N6O4/c1-15(2)12-30(17-9-16(25)13-29(14-17)23(32)33)21(31)19-11-27-22(24(3,4)5)28-20(19)26-10-18-7-6-8-34-18/h6-8,11,15-17H,9-10,12-14,25H2,1-5H3,(H,32,33)(H,26,27,28)/t16-,17+/m1/s1. The van der Waals surface area contributed by atoms with Crippen molar-refractivity contribution < 1.29 is 19.1 Å². The Kier molecular flexibility index (Phi) is 7.81. The van der Waals surface area contributed by atoms with Crippen LogP contribution in [-0.2, 0) is 12.0 Å². The third-order valence-electron chi connectivity index (χ3n) is 5.70. The molecule has 3 rings (SSSR count). The Morgan fingerprint density at radius 3 is 2.68 bits per heavy atom. The maximum atomic E-state index is 13.9. The van der Waals surface area contributed by atoms with Gasteiger partial charge in [-0.2, -0.15) is 0 Å². The second-order valence-electron chi connectivity index (χ2n) is 10.3. The van der Waals surface area contributed by atoms with Crippen LogP contribution < -0.4 is 11.1 Å². The third-order valence-corrected chi connectivity index (χ3v) is 5.70. The molecule has 3 heterocycles. The molecule has 2 aromatic rings. The van der Waals surface area contributed by atoms with E-state index in [1.807, 2.05) is 40.7 Å². The molecule has 2 aromatic heterocycles. The van der Waals surface area contributed by atoms with Gasteiger partial charge in [-0.1, -0.05) is 34.6 Å². The number of likely N-dealkylation sites (tertiary alicyclic amines) is 1. The van der Waals surface area contributed by atoms with Crippen molar-refractivity contribution >= 4 is 17.8 Å². The Bertz CT molecular complexity index is 986. The lowest BCUT2D eigenvalue weighted by molar-refractivity contribution is 0.0477. The van der Waals surface area contributed by atoms with E-state index in [2.05, 4.69) is 15.3 Å². The molecule has 186 valence electrons. The van der Waals surface area contributed by atoms with Crippen LogP contribution in [0.5, 0.6) is 0 Å². The van der Waals surface area contributed by atoms with Crippen LogP contribution in [0.4, 0.5) is 10.6 Å². The maximum Gasteiger partial charge on any atom is 0.407 e. The van der Waals surface area contributed by atoms with Crippen LogP contribution in [0.2, 0.25) is 0 Å². The normalized spacial score (nSPS) is 18.7. The van der Waals surface area contributed by atoms with E-state index in [0.717, 1.165) is 0 Å². The molecule has 10 nitrogen and oxygen atoms in total. The summed E-state index contributed by atoms with van der Waals surface area (Å²) in [5, 5.41) is 12.8. The highest BCUT2D eigenvalue weighted by atomic mass is 16.4. The number of furan rings is 1. The Labute approximate surface area is 200 Å². The molecule has 1 aliphatic heterocycles. The van der Waals surface area contributed by atoms with Gasteiger partial charge in [-0.05, 0) is 24.5 Å². The van der Waals surface area contributed by atoms with E-state index >= 15 is 0 Å². The van der Waals surface area contributed by atoms with E-state index in [-0.39, 0.29) is 42.4 Å². The molecule has 4 N–H and O–H groups in total. The maximum absolute atomic E-state index is 13.9. The zero-order valence-corrected chi connectivity index (χ0v) is 20.6. The number of carboxylic acid groups (broad SMARTS) is 1. The van der Waals surface area contributed by atoms with Gasteiger partial charge in [-0.3, -0.25) is 4.79 Å². The molecule has 0 radical (unpaired) electrons. The van der Waals surface area contributed by atoms with Crippen molar-refractivity contribution in [3.8, 4) is 0 Å². The number of nitrogens with two attached hydrogens (primary N) is 1. The number of carbonyl (C=O) groups excluding carboxylic acids is 1. The van der Waals surface area contributed by atoms with Crippen LogP contribution in [0.3, 0.4) is 0 Å². The van der Waals surface area contributed by atoms with Crippen molar-refractivity contribution in [3.63, 3.8) is 0 Å². The van der Waals surface area contributed by atoms with Crippen molar-refractivity contribution in [2.75, 3.05) is 25.0 Å². The molecule has 0 unspecified atom stereocenters. The smallest absolute Gasteiger partial charge is 0.407 e. The summed E-state index contributed by atoms with van der Waals surface area (Å²) >= 11 is 0. The summed E-state index contributed by atoms with van der Waals surface area (Å²) in [6, 6.07) is 2.97. The van der Waals surface area contributed by atoms with Gasteiger partial charge in [-0.25, -0.2) is 14.8 Å². The molecule has 2 amide bonds. The number of anilines is 1. The number of rotatable bonds is 7. The minimum absolute atomic E-state index is 0.176. The van der Waals surface area contributed by atoms with E-state index in [9.17, 15) is 14.7 Å². The lowest BCUT2D eigenvalue weighted by atomic mass is 9.95. The van der Waals surface area contributed by atoms with E-state index in [0.29, 0.717) is 42.5 Å². The third kappa shape index (κ3) is 6.25. The quantitative estimate of drug-likeness (QED) is 0.559. The molecule has 34 heavy (non-hydrogen) atoms. The van der Waals surface area contributed by atoms with Gasteiger partial charge in [0.1, 0.15) is 23.0 Å². The molecule has 0 saturated carbocycles. The highest BCUT2D eigenvalue weighted by Gasteiger charge is 2.35. The molecule has 1 fully saturated rings. The Balaban J connectivity index is 1.96. The van der Waals surface area contributed by atoms with E-state index in [1.54, 1.807) is 23.4 Å². The lowest BCUT2D eigenvalue weighted by Gasteiger charge is -2.41. The SMILES string of the molecule is CC(C)CN(C(=O)c1cnc(C(C)(C)C)nc1NCc1ccco1)[C@H]1C[C@@H](N)CN(C(=O)O)C1. The molecule has 0 aliphatic carbocycles. The second-order valence-corrected chi connectivity index (χ2v) is 10.3. The Hall–Kier alpha value is -3.14. The van der Waals surface area contributed by atoms with E-state index < -0.39 is 6.09 Å².